The Balaban J connectivity index is 1.76. The van der Waals surface area contributed by atoms with Crippen LogP contribution in [0.3, 0.4) is 0 Å². The SMILES string of the molecule is CCCNCC1CCCC1C1CCCC1. The van der Waals surface area contributed by atoms with Crippen LogP contribution in [0.15, 0.2) is 0 Å². The molecule has 0 spiro atoms. The van der Waals surface area contributed by atoms with E-state index in [-0.39, 0.29) is 0 Å². The first kappa shape index (κ1) is 11.4. The summed E-state index contributed by atoms with van der Waals surface area (Å²) in [5.41, 5.74) is 0. The lowest BCUT2D eigenvalue weighted by molar-refractivity contribution is 0.258. The molecule has 0 aromatic rings. The molecule has 2 aliphatic rings. The topological polar surface area (TPSA) is 12.0 Å². The number of hydrogen-bond donors (Lipinski definition) is 1. The van der Waals surface area contributed by atoms with E-state index in [1.807, 2.05) is 0 Å². The first-order valence-corrected chi connectivity index (χ1v) is 7.12. The van der Waals surface area contributed by atoms with Crippen molar-refractivity contribution in [2.45, 2.75) is 58.3 Å². The Kier molecular flexibility index (Phi) is 4.49. The Morgan fingerprint density at radius 1 is 1.00 bits per heavy atom. The lowest BCUT2D eigenvalue weighted by Gasteiger charge is -2.25. The number of rotatable bonds is 5. The quantitative estimate of drug-likeness (QED) is 0.682. The summed E-state index contributed by atoms with van der Waals surface area (Å²) in [5.74, 6) is 3.19. The van der Waals surface area contributed by atoms with E-state index in [9.17, 15) is 0 Å². The minimum absolute atomic E-state index is 1.01. The van der Waals surface area contributed by atoms with E-state index in [0.717, 1.165) is 17.8 Å². The molecule has 0 aliphatic heterocycles. The van der Waals surface area contributed by atoms with Crippen LogP contribution >= 0.6 is 0 Å². The fourth-order valence-electron chi connectivity index (χ4n) is 3.79. The Morgan fingerprint density at radius 3 is 2.53 bits per heavy atom. The van der Waals surface area contributed by atoms with Crippen molar-refractivity contribution in [3.05, 3.63) is 0 Å². The van der Waals surface area contributed by atoms with Gasteiger partial charge in [0.05, 0.1) is 0 Å². The van der Waals surface area contributed by atoms with Crippen molar-refractivity contribution in [2.24, 2.45) is 17.8 Å². The van der Waals surface area contributed by atoms with Crippen LogP contribution in [0, 0.1) is 17.8 Å². The number of nitrogens with one attached hydrogen (secondary N) is 1. The van der Waals surface area contributed by atoms with E-state index in [1.54, 1.807) is 0 Å². The van der Waals surface area contributed by atoms with Crippen LogP contribution in [-0.2, 0) is 0 Å². The second-order valence-corrected chi connectivity index (χ2v) is 5.60. The minimum Gasteiger partial charge on any atom is -0.316 e. The van der Waals surface area contributed by atoms with Gasteiger partial charge in [-0.05, 0) is 50.1 Å². The zero-order valence-electron chi connectivity index (χ0n) is 10.3. The third kappa shape index (κ3) is 2.96. The maximum Gasteiger partial charge on any atom is -0.00178 e. The molecule has 2 fully saturated rings. The van der Waals surface area contributed by atoms with E-state index in [1.165, 1.54) is 64.5 Å². The molecule has 1 nitrogen and oxygen atoms in total. The average molecular weight is 209 g/mol. The second-order valence-electron chi connectivity index (χ2n) is 5.60. The Hall–Kier alpha value is -0.0400. The smallest absolute Gasteiger partial charge is 0.00178 e. The van der Waals surface area contributed by atoms with Crippen molar-refractivity contribution in [1.29, 1.82) is 0 Å². The van der Waals surface area contributed by atoms with Gasteiger partial charge in [-0.2, -0.15) is 0 Å². The Bertz CT molecular complexity index is 172. The normalized spacial score (nSPS) is 32.6. The van der Waals surface area contributed by atoms with Gasteiger partial charge in [0, 0.05) is 0 Å². The van der Waals surface area contributed by atoms with Crippen molar-refractivity contribution in [3.63, 3.8) is 0 Å². The van der Waals surface area contributed by atoms with Gasteiger partial charge in [-0.25, -0.2) is 0 Å². The lowest BCUT2D eigenvalue weighted by Crippen LogP contribution is -2.28. The molecule has 0 aromatic carbocycles. The summed E-state index contributed by atoms with van der Waals surface area (Å²) < 4.78 is 0. The van der Waals surface area contributed by atoms with Gasteiger partial charge in [0.15, 0.2) is 0 Å². The van der Waals surface area contributed by atoms with Crippen LogP contribution in [0.25, 0.3) is 0 Å². The fraction of sp³-hybridized carbons (Fsp3) is 1.00. The van der Waals surface area contributed by atoms with Gasteiger partial charge in [-0.15, -0.1) is 0 Å². The van der Waals surface area contributed by atoms with Gasteiger partial charge in [0.1, 0.15) is 0 Å². The molecule has 0 saturated heterocycles. The molecular formula is C14H27N. The molecule has 0 heterocycles. The summed E-state index contributed by atoms with van der Waals surface area (Å²) >= 11 is 0. The van der Waals surface area contributed by atoms with E-state index < -0.39 is 0 Å². The highest BCUT2D eigenvalue weighted by Crippen LogP contribution is 2.43. The first-order chi connectivity index (χ1) is 7.42. The van der Waals surface area contributed by atoms with Crippen LogP contribution in [0.2, 0.25) is 0 Å². The Morgan fingerprint density at radius 2 is 1.80 bits per heavy atom. The zero-order chi connectivity index (χ0) is 10.5. The van der Waals surface area contributed by atoms with Crippen LogP contribution in [0.4, 0.5) is 0 Å². The first-order valence-electron chi connectivity index (χ1n) is 7.12. The third-order valence-corrected chi connectivity index (χ3v) is 4.56. The molecule has 2 saturated carbocycles. The van der Waals surface area contributed by atoms with Gasteiger partial charge in [-0.1, -0.05) is 39.0 Å². The van der Waals surface area contributed by atoms with E-state index in [0.29, 0.717) is 0 Å². The van der Waals surface area contributed by atoms with E-state index in [2.05, 4.69) is 12.2 Å². The summed E-state index contributed by atoms with van der Waals surface area (Å²) in [4.78, 5) is 0. The van der Waals surface area contributed by atoms with Gasteiger partial charge >= 0.3 is 0 Å². The summed E-state index contributed by atoms with van der Waals surface area (Å²) in [6, 6.07) is 0. The molecule has 0 radical (unpaired) electrons. The molecule has 2 rings (SSSR count). The monoisotopic (exact) mass is 209 g/mol. The summed E-state index contributed by atoms with van der Waals surface area (Å²) in [7, 11) is 0. The molecule has 1 N–H and O–H groups in total. The van der Waals surface area contributed by atoms with Gasteiger partial charge in [-0.3, -0.25) is 0 Å². The van der Waals surface area contributed by atoms with Crippen LogP contribution in [0.5, 0.6) is 0 Å². The van der Waals surface area contributed by atoms with Crippen molar-refractivity contribution in [3.8, 4) is 0 Å². The molecule has 1 heteroatoms. The molecule has 15 heavy (non-hydrogen) atoms. The molecule has 2 atom stereocenters. The predicted molar refractivity (Wildman–Crippen MR) is 65.9 cm³/mol. The maximum atomic E-state index is 3.63. The maximum absolute atomic E-state index is 3.63. The number of hydrogen-bond acceptors (Lipinski definition) is 1. The molecule has 0 aromatic heterocycles. The summed E-state index contributed by atoms with van der Waals surface area (Å²) in [5, 5.41) is 3.63. The van der Waals surface area contributed by atoms with Crippen molar-refractivity contribution >= 4 is 0 Å². The van der Waals surface area contributed by atoms with Crippen molar-refractivity contribution < 1.29 is 0 Å². The van der Waals surface area contributed by atoms with Crippen LogP contribution < -0.4 is 5.32 Å². The van der Waals surface area contributed by atoms with Crippen molar-refractivity contribution in [1.82, 2.24) is 5.32 Å². The van der Waals surface area contributed by atoms with E-state index in [4.69, 9.17) is 0 Å². The highest BCUT2D eigenvalue weighted by Gasteiger charge is 2.34. The van der Waals surface area contributed by atoms with Gasteiger partial charge < -0.3 is 5.32 Å². The molecule has 0 bridgehead atoms. The standard InChI is InChI=1S/C14H27N/c1-2-10-15-11-13-8-5-9-14(13)12-6-3-4-7-12/h12-15H,2-11H2,1H3. The largest absolute Gasteiger partial charge is 0.316 e. The molecule has 88 valence electrons. The summed E-state index contributed by atoms with van der Waals surface area (Å²) in [6.07, 6.45) is 11.9. The average Bonchev–Trinajstić information content (AvgIpc) is 2.87. The van der Waals surface area contributed by atoms with Gasteiger partial charge in [0.25, 0.3) is 0 Å². The van der Waals surface area contributed by atoms with Crippen LogP contribution in [-0.4, -0.2) is 13.1 Å². The predicted octanol–water partition coefficient (Wildman–Crippen LogP) is 3.59. The third-order valence-electron chi connectivity index (χ3n) is 4.56. The second kappa shape index (κ2) is 5.89. The van der Waals surface area contributed by atoms with E-state index >= 15 is 0 Å². The molecule has 2 unspecified atom stereocenters. The molecular weight excluding hydrogens is 182 g/mol. The lowest BCUT2D eigenvalue weighted by atomic mass is 9.83. The summed E-state index contributed by atoms with van der Waals surface area (Å²) in [6.45, 7) is 4.78. The van der Waals surface area contributed by atoms with Crippen LogP contribution in [0.1, 0.15) is 58.3 Å². The minimum atomic E-state index is 1.01. The van der Waals surface area contributed by atoms with Crippen molar-refractivity contribution in [2.75, 3.05) is 13.1 Å². The molecule has 2 aliphatic carbocycles. The van der Waals surface area contributed by atoms with Gasteiger partial charge in [0.2, 0.25) is 0 Å². The zero-order valence-corrected chi connectivity index (χ0v) is 10.3. The molecule has 0 amide bonds. The highest BCUT2D eigenvalue weighted by molar-refractivity contribution is 4.86. The Labute approximate surface area is 95.0 Å². The highest BCUT2D eigenvalue weighted by atomic mass is 14.9. The fourth-order valence-corrected chi connectivity index (χ4v) is 3.79.